The van der Waals surface area contributed by atoms with Gasteiger partial charge in [-0.25, -0.2) is 13.1 Å². The van der Waals surface area contributed by atoms with Crippen LogP contribution in [0.2, 0.25) is 0 Å². The van der Waals surface area contributed by atoms with E-state index in [0.29, 0.717) is 17.0 Å². The molecule has 2 rings (SSSR count). The largest absolute Gasteiger partial charge is 0.398 e. The Bertz CT molecular complexity index is 579. The second-order valence-corrected chi connectivity index (χ2v) is 7.88. The fourth-order valence-electron chi connectivity index (χ4n) is 2.46. The topological polar surface area (TPSA) is 72.2 Å². The van der Waals surface area contributed by atoms with Gasteiger partial charge in [0.05, 0.1) is 4.90 Å². The molecular weight excluding hydrogens is 292 g/mol. The molecule has 0 amide bonds. The van der Waals surface area contributed by atoms with Crippen LogP contribution >= 0.6 is 11.8 Å². The monoisotopic (exact) mass is 314 g/mol. The van der Waals surface area contributed by atoms with Crippen molar-refractivity contribution in [3.63, 3.8) is 0 Å². The minimum absolute atomic E-state index is 0.0428. The molecule has 0 saturated carbocycles. The first-order valence-electron chi connectivity index (χ1n) is 6.99. The molecule has 112 valence electrons. The maximum atomic E-state index is 12.6. The number of hydrogen-bond acceptors (Lipinski definition) is 4. The van der Waals surface area contributed by atoms with E-state index in [-0.39, 0.29) is 6.04 Å². The van der Waals surface area contributed by atoms with Crippen LogP contribution in [0.1, 0.15) is 31.4 Å². The van der Waals surface area contributed by atoms with Gasteiger partial charge >= 0.3 is 0 Å². The van der Waals surface area contributed by atoms with Crippen molar-refractivity contribution in [1.29, 1.82) is 0 Å². The van der Waals surface area contributed by atoms with E-state index in [1.54, 1.807) is 17.8 Å². The van der Waals surface area contributed by atoms with E-state index in [4.69, 9.17) is 5.73 Å². The number of nitrogens with two attached hydrogens (primary N) is 1. The first-order chi connectivity index (χ1) is 9.47. The quantitative estimate of drug-likeness (QED) is 0.817. The Balaban J connectivity index is 2.40. The summed E-state index contributed by atoms with van der Waals surface area (Å²) < 4.78 is 28.0. The van der Waals surface area contributed by atoms with Gasteiger partial charge in [0.25, 0.3) is 0 Å². The minimum Gasteiger partial charge on any atom is -0.398 e. The van der Waals surface area contributed by atoms with Crippen molar-refractivity contribution in [3.05, 3.63) is 23.3 Å². The Hall–Kier alpha value is -0.720. The van der Waals surface area contributed by atoms with E-state index in [2.05, 4.69) is 4.72 Å². The molecule has 1 aromatic carbocycles. The highest BCUT2D eigenvalue weighted by atomic mass is 32.2. The van der Waals surface area contributed by atoms with Crippen LogP contribution in [-0.4, -0.2) is 26.0 Å². The molecule has 1 aliphatic rings. The van der Waals surface area contributed by atoms with Crippen LogP contribution in [0.25, 0.3) is 0 Å². The van der Waals surface area contributed by atoms with E-state index < -0.39 is 10.0 Å². The maximum Gasteiger partial charge on any atom is 0.241 e. The number of nitrogen functional groups attached to an aromatic ring is 1. The Morgan fingerprint density at radius 3 is 2.65 bits per heavy atom. The second-order valence-electron chi connectivity index (χ2n) is 5.05. The van der Waals surface area contributed by atoms with Crippen molar-refractivity contribution >= 4 is 27.5 Å². The number of aryl methyl sites for hydroxylation is 1. The summed E-state index contributed by atoms with van der Waals surface area (Å²) in [6.45, 7) is 3.93. The standard InChI is InChI=1S/C14H22N2O2S2/c1-3-10-7-13(15)12(4-2)14(8-10)20(17,18)16-11-5-6-19-9-11/h7-8,11,16H,3-6,9,15H2,1-2H3. The molecule has 1 unspecified atom stereocenters. The Morgan fingerprint density at radius 1 is 1.35 bits per heavy atom. The SMILES string of the molecule is CCc1cc(N)c(CC)c(S(=O)(=O)NC2CCSC2)c1. The van der Waals surface area contributed by atoms with Crippen LogP contribution < -0.4 is 10.5 Å². The molecule has 1 saturated heterocycles. The molecule has 20 heavy (non-hydrogen) atoms. The predicted octanol–water partition coefficient (Wildman–Crippen LogP) is 2.18. The molecule has 1 heterocycles. The maximum absolute atomic E-state index is 12.6. The highest BCUT2D eigenvalue weighted by molar-refractivity contribution is 7.99. The highest BCUT2D eigenvalue weighted by Gasteiger charge is 2.26. The summed E-state index contributed by atoms with van der Waals surface area (Å²) in [4.78, 5) is 0.355. The van der Waals surface area contributed by atoms with Gasteiger partial charge in [-0.05, 0) is 48.3 Å². The third kappa shape index (κ3) is 3.30. The molecule has 0 radical (unpaired) electrons. The summed E-state index contributed by atoms with van der Waals surface area (Å²) in [6.07, 6.45) is 2.29. The molecule has 6 heteroatoms. The van der Waals surface area contributed by atoms with Gasteiger partial charge in [-0.1, -0.05) is 13.8 Å². The van der Waals surface area contributed by atoms with E-state index in [0.717, 1.165) is 35.5 Å². The molecule has 0 aliphatic carbocycles. The summed E-state index contributed by atoms with van der Waals surface area (Å²) in [7, 11) is -3.48. The smallest absolute Gasteiger partial charge is 0.241 e. The molecule has 1 atom stereocenters. The molecule has 1 fully saturated rings. The zero-order valence-electron chi connectivity index (χ0n) is 12.0. The lowest BCUT2D eigenvalue weighted by Gasteiger charge is -2.17. The zero-order chi connectivity index (χ0) is 14.8. The normalized spacial score (nSPS) is 19.4. The molecule has 1 aliphatic heterocycles. The van der Waals surface area contributed by atoms with Crippen molar-refractivity contribution in [1.82, 2.24) is 4.72 Å². The lowest BCUT2D eigenvalue weighted by atomic mass is 10.1. The lowest BCUT2D eigenvalue weighted by Crippen LogP contribution is -2.35. The average molecular weight is 314 g/mol. The van der Waals surface area contributed by atoms with Gasteiger partial charge in [-0.2, -0.15) is 11.8 Å². The van der Waals surface area contributed by atoms with Crippen LogP contribution in [0.15, 0.2) is 17.0 Å². The van der Waals surface area contributed by atoms with Gasteiger partial charge in [0.2, 0.25) is 10.0 Å². The van der Waals surface area contributed by atoms with Crippen molar-refractivity contribution in [3.8, 4) is 0 Å². The summed E-state index contributed by atoms with van der Waals surface area (Å²) in [5.74, 6) is 1.87. The number of sulfonamides is 1. The van der Waals surface area contributed by atoms with Crippen LogP contribution in [0, 0.1) is 0 Å². The summed E-state index contributed by atoms with van der Waals surface area (Å²) in [5.41, 5.74) is 8.28. The molecular formula is C14H22N2O2S2. The number of thioether (sulfide) groups is 1. The van der Waals surface area contributed by atoms with E-state index in [1.165, 1.54) is 0 Å². The van der Waals surface area contributed by atoms with Crippen LogP contribution in [0.4, 0.5) is 5.69 Å². The van der Waals surface area contributed by atoms with Gasteiger partial charge < -0.3 is 5.73 Å². The third-order valence-corrected chi connectivity index (χ3v) is 6.36. The molecule has 4 nitrogen and oxygen atoms in total. The molecule has 0 bridgehead atoms. The van der Waals surface area contributed by atoms with E-state index in [9.17, 15) is 8.42 Å². The third-order valence-electron chi connectivity index (χ3n) is 3.61. The minimum atomic E-state index is -3.48. The van der Waals surface area contributed by atoms with Crippen molar-refractivity contribution in [2.75, 3.05) is 17.2 Å². The summed E-state index contributed by atoms with van der Waals surface area (Å²) in [5, 5.41) is 0. The number of nitrogens with one attached hydrogen (secondary N) is 1. The number of hydrogen-bond donors (Lipinski definition) is 2. The van der Waals surface area contributed by atoms with Crippen molar-refractivity contribution < 1.29 is 8.42 Å². The lowest BCUT2D eigenvalue weighted by molar-refractivity contribution is 0.562. The Kier molecular flexibility index (Phi) is 4.99. The molecule has 3 N–H and O–H groups in total. The van der Waals surface area contributed by atoms with Crippen molar-refractivity contribution in [2.45, 2.75) is 44.0 Å². The van der Waals surface area contributed by atoms with Crippen LogP contribution in [-0.2, 0) is 22.9 Å². The first-order valence-corrected chi connectivity index (χ1v) is 9.63. The predicted molar refractivity (Wildman–Crippen MR) is 85.7 cm³/mol. The van der Waals surface area contributed by atoms with Gasteiger partial charge in [0, 0.05) is 17.5 Å². The highest BCUT2D eigenvalue weighted by Crippen LogP contribution is 2.27. The Labute approximate surface area is 125 Å². The summed E-state index contributed by atoms with van der Waals surface area (Å²) >= 11 is 1.79. The molecule has 0 spiro atoms. The summed E-state index contributed by atoms with van der Waals surface area (Å²) in [6, 6.07) is 3.68. The first kappa shape index (κ1) is 15.7. The number of rotatable bonds is 5. The second kappa shape index (κ2) is 6.37. The van der Waals surface area contributed by atoms with Gasteiger partial charge in [0.1, 0.15) is 0 Å². The van der Waals surface area contributed by atoms with Gasteiger partial charge in [-0.15, -0.1) is 0 Å². The van der Waals surface area contributed by atoms with E-state index >= 15 is 0 Å². The number of benzene rings is 1. The van der Waals surface area contributed by atoms with Gasteiger partial charge in [-0.3, -0.25) is 0 Å². The number of anilines is 1. The molecule has 0 aromatic heterocycles. The molecule has 1 aromatic rings. The fourth-order valence-corrected chi connectivity index (χ4v) is 5.38. The zero-order valence-corrected chi connectivity index (χ0v) is 13.6. The average Bonchev–Trinajstić information content (AvgIpc) is 2.89. The van der Waals surface area contributed by atoms with Crippen LogP contribution in [0.3, 0.4) is 0 Å². The van der Waals surface area contributed by atoms with Crippen LogP contribution in [0.5, 0.6) is 0 Å². The van der Waals surface area contributed by atoms with Gasteiger partial charge in [0.15, 0.2) is 0 Å². The fraction of sp³-hybridized carbons (Fsp3) is 0.571. The van der Waals surface area contributed by atoms with Crippen molar-refractivity contribution in [2.24, 2.45) is 0 Å². The Morgan fingerprint density at radius 2 is 2.10 bits per heavy atom. The van der Waals surface area contributed by atoms with E-state index in [1.807, 2.05) is 19.9 Å².